The van der Waals surface area contributed by atoms with Crippen molar-refractivity contribution in [3.63, 3.8) is 0 Å². The lowest BCUT2D eigenvalue weighted by molar-refractivity contribution is 0.0823. The monoisotopic (exact) mass is 229 g/mol. The smallest absolute Gasteiger partial charge is 0.0589 e. The number of ether oxygens (including phenoxy) is 1. The molecule has 0 amide bonds. The van der Waals surface area contributed by atoms with Crippen LogP contribution in [-0.2, 0) is 4.74 Å². The first kappa shape index (κ1) is 13.9. The number of nitrogens with zero attached hydrogens (tertiary/aromatic N) is 2. The summed E-state index contributed by atoms with van der Waals surface area (Å²) in [5.74, 6) is 0. The average Bonchev–Trinajstić information content (AvgIpc) is 2.25. The molecule has 0 aromatic carbocycles. The Kier molecular flexibility index (Phi) is 6.28. The van der Waals surface area contributed by atoms with Gasteiger partial charge in [0.25, 0.3) is 0 Å². The quantitative estimate of drug-likeness (QED) is 0.715. The van der Waals surface area contributed by atoms with Crippen LogP contribution in [0.15, 0.2) is 0 Å². The third-order valence-corrected chi connectivity index (χ3v) is 3.31. The Morgan fingerprint density at radius 3 is 2.56 bits per heavy atom. The molecule has 0 saturated carbocycles. The van der Waals surface area contributed by atoms with Gasteiger partial charge in [0.2, 0.25) is 0 Å². The van der Waals surface area contributed by atoms with E-state index < -0.39 is 0 Å². The Hall–Kier alpha value is -0.160. The molecule has 0 bridgehead atoms. The van der Waals surface area contributed by atoms with Crippen LogP contribution in [0.4, 0.5) is 0 Å². The Morgan fingerprint density at radius 2 is 2.06 bits per heavy atom. The van der Waals surface area contributed by atoms with E-state index in [0.717, 1.165) is 19.7 Å². The van der Waals surface area contributed by atoms with Gasteiger partial charge in [0.05, 0.1) is 6.61 Å². The van der Waals surface area contributed by atoms with Gasteiger partial charge in [-0.05, 0) is 39.9 Å². The van der Waals surface area contributed by atoms with Gasteiger partial charge in [-0.15, -0.1) is 0 Å². The van der Waals surface area contributed by atoms with E-state index >= 15 is 0 Å². The van der Waals surface area contributed by atoms with E-state index in [0.29, 0.717) is 6.04 Å². The van der Waals surface area contributed by atoms with Gasteiger partial charge in [-0.3, -0.25) is 4.90 Å². The SMILES string of the molecule is COCCN(C[C@@H](C)N)C1CCN(C)CC1. The summed E-state index contributed by atoms with van der Waals surface area (Å²) in [5.41, 5.74) is 5.91. The molecular weight excluding hydrogens is 202 g/mol. The molecule has 2 N–H and O–H groups in total. The molecule has 96 valence electrons. The topological polar surface area (TPSA) is 41.7 Å². The molecule has 4 heteroatoms. The Morgan fingerprint density at radius 1 is 1.44 bits per heavy atom. The molecule has 1 atom stereocenters. The lowest BCUT2D eigenvalue weighted by atomic mass is 10.0. The van der Waals surface area contributed by atoms with Crippen LogP contribution >= 0.6 is 0 Å². The van der Waals surface area contributed by atoms with Crippen LogP contribution in [0, 0.1) is 0 Å². The van der Waals surface area contributed by atoms with Crippen molar-refractivity contribution in [2.24, 2.45) is 5.73 Å². The van der Waals surface area contributed by atoms with Crippen LogP contribution in [-0.4, -0.2) is 68.8 Å². The highest BCUT2D eigenvalue weighted by molar-refractivity contribution is 4.80. The first-order valence-electron chi connectivity index (χ1n) is 6.30. The van der Waals surface area contributed by atoms with Crippen molar-refractivity contribution >= 4 is 0 Å². The highest BCUT2D eigenvalue weighted by atomic mass is 16.5. The lowest BCUT2D eigenvalue weighted by Crippen LogP contribution is -2.48. The molecule has 1 fully saturated rings. The summed E-state index contributed by atoms with van der Waals surface area (Å²) >= 11 is 0. The van der Waals surface area contributed by atoms with Crippen LogP contribution in [0.25, 0.3) is 0 Å². The second-order valence-corrected chi connectivity index (χ2v) is 5.00. The minimum Gasteiger partial charge on any atom is -0.383 e. The number of piperidine rings is 1. The standard InChI is InChI=1S/C12H27N3O/c1-11(13)10-15(8-9-16-3)12-4-6-14(2)7-5-12/h11-12H,4-10,13H2,1-3H3/t11-/m1/s1. The molecule has 1 aliphatic rings. The summed E-state index contributed by atoms with van der Waals surface area (Å²) in [6, 6.07) is 0.939. The van der Waals surface area contributed by atoms with Gasteiger partial charge < -0.3 is 15.4 Å². The van der Waals surface area contributed by atoms with Crippen molar-refractivity contribution in [2.45, 2.75) is 31.8 Å². The molecule has 0 spiro atoms. The summed E-state index contributed by atoms with van der Waals surface area (Å²) in [5, 5.41) is 0. The van der Waals surface area contributed by atoms with E-state index in [1.165, 1.54) is 25.9 Å². The fraction of sp³-hybridized carbons (Fsp3) is 1.00. The predicted molar refractivity (Wildman–Crippen MR) is 67.6 cm³/mol. The van der Waals surface area contributed by atoms with Crippen LogP contribution in [0.5, 0.6) is 0 Å². The summed E-state index contributed by atoms with van der Waals surface area (Å²) in [6.07, 6.45) is 2.51. The summed E-state index contributed by atoms with van der Waals surface area (Å²) in [6.45, 7) is 7.28. The molecule has 0 radical (unpaired) electrons. The van der Waals surface area contributed by atoms with Crippen molar-refractivity contribution in [3.05, 3.63) is 0 Å². The van der Waals surface area contributed by atoms with Crippen molar-refractivity contribution < 1.29 is 4.74 Å². The zero-order valence-electron chi connectivity index (χ0n) is 11.0. The van der Waals surface area contributed by atoms with Gasteiger partial charge in [0, 0.05) is 32.3 Å². The highest BCUT2D eigenvalue weighted by Crippen LogP contribution is 2.15. The fourth-order valence-electron chi connectivity index (χ4n) is 2.36. The maximum absolute atomic E-state index is 5.91. The zero-order chi connectivity index (χ0) is 12.0. The first-order valence-corrected chi connectivity index (χ1v) is 6.30. The Bertz CT molecular complexity index is 179. The number of rotatable bonds is 6. The molecule has 0 aromatic rings. The van der Waals surface area contributed by atoms with Gasteiger partial charge in [-0.25, -0.2) is 0 Å². The normalized spacial score (nSPS) is 21.6. The molecule has 4 nitrogen and oxygen atoms in total. The minimum absolute atomic E-state index is 0.247. The Balaban J connectivity index is 2.40. The van der Waals surface area contributed by atoms with E-state index in [2.05, 4.69) is 23.8 Å². The van der Waals surface area contributed by atoms with E-state index in [-0.39, 0.29) is 6.04 Å². The molecule has 0 unspecified atom stereocenters. The summed E-state index contributed by atoms with van der Waals surface area (Å²) in [7, 11) is 3.96. The van der Waals surface area contributed by atoms with Crippen LogP contribution in [0.1, 0.15) is 19.8 Å². The van der Waals surface area contributed by atoms with E-state index in [9.17, 15) is 0 Å². The van der Waals surface area contributed by atoms with Crippen LogP contribution in [0.2, 0.25) is 0 Å². The molecule has 0 aromatic heterocycles. The van der Waals surface area contributed by atoms with Gasteiger partial charge in [0.1, 0.15) is 0 Å². The molecule has 1 saturated heterocycles. The van der Waals surface area contributed by atoms with Gasteiger partial charge in [-0.1, -0.05) is 0 Å². The third-order valence-electron chi connectivity index (χ3n) is 3.31. The molecule has 0 aliphatic carbocycles. The average molecular weight is 229 g/mol. The number of likely N-dealkylation sites (tertiary alicyclic amines) is 1. The van der Waals surface area contributed by atoms with E-state index in [1.54, 1.807) is 7.11 Å². The molecule has 1 rings (SSSR count). The number of methoxy groups -OCH3 is 1. The number of hydrogen-bond donors (Lipinski definition) is 1. The molecule has 16 heavy (non-hydrogen) atoms. The first-order chi connectivity index (χ1) is 7.63. The molecule has 1 heterocycles. The maximum atomic E-state index is 5.91. The molecule has 1 aliphatic heterocycles. The number of nitrogens with two attached hydrogens (primary N) is 1. The second-order valence-electron chi connectivity index (χ2n) is 5.00. The fourth-order valence-corrected chi connectivity index (χ4v) is 2.36. The van der Waals surface area contributed by atoms with Crippen LogP contribution in [0.3, 0.4) is 0 Å². The summed E-state index contributed by atoms with van der Waals surface area (Å²) in [4.78, 5) is 4.90. The van der Waals surface area contributed by atoms with E-state index in [1.807, 2.05) is 0 Å². The van der Waals surface area contributed by atoms with Crippen molar-refractivity contribution in [1.29, 1.82) is 0 Å². The molecular formula is C12H27N3O. The Labute approximate surface area is 99.7 Å². The van der Waals surface area contributed by atoms with Gasteiger partial charge in [0.15, 0.2) is 0 Å². The van der Waals surface area contributed by atoms with Crippen molar-refractivity contribution in [3.8, 4) is 0 Å². The number of hydrogen-bond acceptors (Lipinski definition) is 4. The van der Waals surface area contributed by atoms with Crippen LogP contribution < -0.4 is 5.73 Å². The summed E-state index contributed by atoms with van der Waals surface area (Å²) < 4.78 is 5.17. The largest absolute Gasteiger partial charge is 0.383 e. The lowest BCUT2D eigenvalue weighted by Gasteiger charge is -2.38. The van der Waals surface area contributed by atoms with Gasteiger partial charge in [-0.2, -0.15) is 0 Å². The predicted octanol–water partition coefficient (Wildman–Crippen LogP) is 0.376. The maximum Gasteiger partial charge on any atom is 0.0589 e. The van der Waals surface area contributed by atoms with Gasteiger partial charge >= 0.3 is 0 Å². The minimum atomic E-state index is 0.247. The zero-order valence-corrected chi connectivity index (χ0v) is 11.0. The second kappa shape index (κ2) is 7.22. The van der Waals surface area contributed by atoms with Crippen molar-refractivity contribution in [2.75, 3.05) is 46.9 Å². The highest BCUT2D eigenvalue weighted by Gasteiger charge is 2.23. The third kappa shape index (κ3) is 4.78. The van der Waals surface area contributed by atoms with E-state index in [4.69, 9.17) is 10.5 Å². The van der Waals surface area contributed by atoms with Crippen molar-refractivity contribution in [1.82, 2.24) is 9.80 Å².